The Morgan fingerprint density at radius 2 is 1.84 bits per heavy atom. The molecular formula is C20H31N3OS. The molecule has 1 saturated heterocycles. The highest BCUT2D eigenvalue weighted by molar-refractivity contribution is 7.80. The number of thiocarbonyl (C=S) groups is 1. The van der Waals surface area contributed by atoms with Crippen LogP contribution in [0.1, 0.15) is 49.3 Å². The Kier molecular flexibility index (Phi) is 7.08. The molecule has 1 aliphatic carbocycles. The van der Waals surface area contributed by atoms with Crippen molar-refractivity contribution >= 4 is 17.3 Å². The average Bonchev–Trinajstić information content (AvgIpc) is 2.63. The van der Waals surface area contributed by atoms with Crippen LogP contribution >= 0.6 is 12.2 Å². The minimum Gasteiger partial charge on any atom is -0.379 e. The minimum atomic E-state index is 0.210. The van der Waals surface area contributed by atoms with Gasteiger partial charge in [0.25, 0.3) is 0 Å². The molecule has 2 aliphatic rings. The van der Waals surface area contributed by atoms with Gasteiger partial charge in [0.1, 0.15) is 0 Å². The maximum Gasteiger partial charge on any atom is 0.167 e. The fourth-order valence-electron chi connectivity index (χ4n) is 3.71. The Labute approximate surface area is 157 Å². The van der Waals surface area contributed by atoms with Crippen molar-refractivity contribution in [1.29, 1.82) is 0 Å². The Hall–Kier alpha value is -1.17. The summed E-state index contributed by atoms with van der Waals surface area (Å²) in [5.74, 6) is 0. The van der Waals surface area contributed by atoms with E-state index < -0.39 is 0 Å². The molecule has 5 heteroatoms. The molecule has 0 radical (unpaired) electrons. The molecule has 25 heavy (non-hydrogen) atoms. The largest absolute Gasteiger partial charge is 0.379 e. The first-order valence-electron chi connectivity index (χ1n) is 9.64. The van der Waals surface area contributed by atoms with Crippen molar-refractivity contribution in [3.8, 4) is 0 Å². The highest BCUT2D eigenvalue weighted by Gasteiger charge is 2.20. The number of ether oxygens (including phenoxy) is 1. The first-order valence-corrected chi connectivity index (χ1v) is 10.1. The van der Waals surface area contributed by atoms with Crippen LogP contribution in [0.25, 0.3) is 0 Å². The smallest absolute Gasteiger partial charge is 0.167 e. The lowest BCUT2D eigenvalue weighted by Gasteiger charge is -2.32. The van der Waals surface area contributed by atoms with Crippen molar-refractivity contribution in [1.82, 2.24) is 15.5 Å². The van der Waals surface area contributed by atoms with E-state index in [1.165, 1.54) is 43.2 Å². The molecule has 3 rings (SSSR count). The Bertz CT molecular complexity index is 536. The van der Waals surface area contributed by atoms with Crippen LogP contribution in [0.5, 0.6) is 0 Å². The van der Waals surface area contributed by atoms with E-state index in [-0.39, 0.29) is 6.04 Å². The Balaban J connectivity index is 1.62. The fraction of sp³-hybridized carbons (Fsp3) is 0.650. The molecule has 1 saturated carbocycles. The van der Waals surface area contributed by atoms with Crippen molar-refractivity contribution in [3.05, 3.63) is 35.4 Å². The summed E-state index contributed by atoms with van der Waals surface area (Å²) in [6.07, 6.45) is 6.47. The second kappa shape index (κ2) is 9.51. The van der Waals surface area contributed by atoms with Gasteiger partial charge in [0.05, 0.1) is 19.3 Å². The number of morpholine rings is 1. The summed E-state index contributed by atoms with van der Waals surface area (Å²) in [4.78, 5) is 2.46. The van der Waals surface area contributed by atoms with Crippen LogP contribution in [-0.2, 0) is 4.74 Å². The molecule has 1 atom stereocenters. The van der Waals surface area contributed by atoms with Gasteiger partial charge in [0.15, 0.2) is 5.11 Å². The Morgan fingerprint density at radius 3 is 2.52 bits per heavy atom. The number of hydrogen-bond donors (Lipinski definition) is 2. The van der Waals surface area contributed by atoms with Gasteiger partial charge in [0, 0.05) is 25.7 Å². The molecule has 2 fully saturated rings. The lowest BCUT2D eigenvalue weighted by atomic mass is 9.96. The molecule has 0 amide bonds. The predicted molar refractivity (Wildman–Crippen MR) is 107 cm³/mol. The van der Waals surface area contributed by atoms with Gasteiger partial charge >= 0.3 is 0 Å². The van der Waals surface area contributed by atoms with Crippen LogP contribution in [0.15, 0.2) is 24.3 Å². The lowest BCUT2D eigenvalue weighted by Crippen LogP contribution is -2.48. The van der Waals surface area contributed by atoms with Crippen molar-refractivity contribution in [2.45, 2.75) is 51.1 Å². The molecule has 0 unspecified atom stereocenters. The van der Waals surface area contributed by atoms with Crippen LogP contribution in [-0.4, -0.2) is 48.9 Å². The SMILES string of the molecule is Cc1ccc([C@@H](CN2CCOCC2)NC(=S)NC2CCCCC2)cc1. The zero-order valence-corrected chi connectivity index (χ0v) is 16.1. The average molecular weight is 362 g/mol. The highest BCUT2D eigenvalue weighted by Crippen LogP contribution is 2.19. The van der Waals surface area contributed by atoms with Crippen molar-refractivity contribution in [3.63, 3.8) is 0 Å². The predicted octanol–water partition coefficient (Wildman–Crippen LogP) is 3.17. The summed E-state index contributed by atoms with van der Waals surface area (Å²) < 4.78 is 5.48. The maximum atomic E-state index is 5.64. The van der Waals surface area contributed by atoms with Gasteiger partial charge in [-0.2, -0.15) is 0 Å². The molecule has 138 valence electrons. The summed E-state index contributed by atoms with van der Waals surface area (Å²) in [5.41, 5.74) is 2.58. The molecule has 1 aromatic carbocycles. The topological polar surface area (TPSA) is 36.5 Å². The monoisotopic (exact) mass is 361 g/mol. The van der Waals surface area contributed by atoms with Gasteiger partial charge in [-0.1, -0.05) is 49.1 Å². The van der Waals surface area contributed by atoms with E-state index in [0.29, 0.717) is 6.04 Å². The van der Waals surface area contributed by atoms with Crippen molar-refractivity contribution in [2.24, 2.45) is 0 Å². The van der Waals surface area contributed by atoms with Crippen LogP contribution < -0.4 is 10.6 Å². The van der Waals surface area contributed by atoms with E-state index in [1.54, 1.807) is 0 Å². The third-order valence-electron chi connectivity index (χ3n) is 5.27. The molecule has 1 aromatic rings. The zero-order chi connectivity index (χ0) is 17.5. The molecule has 0 aromatic heterocycles. The summed E-state index contributed by atoms with van der Waals surface area (Å²) >= 11 is 5.64. The van der Waals surface area contributed by atoms with Gasteiger partial charge in [-0.15, -0.1) is 0 Å². The summed E-state index contributed by atoms with van der Waals surface area (Å²) in [7, 11) is 0. The van der Waals surface area contributed by atoms with E-state index in [1.807, 2.05) is 0 Å². The van der Waals surface area contributed by atoms with Gasteiger partial charge < -0.3 is 15.4 Å². The molecule has 1 heterocycles. The van der Waals surface area contributed by atoms with E-state index >= 15 is 0 Å². The Morgan fingerprint density at radius 1 is 1.16 bits per heavy atom. The summed E-state index contributed by atoms with van der Waals surface area (Å²) in [5, 5.41) is 7.93. The first-order chi connectivity index (χ1) is 12.2. The van der Waals surface area contributed by atoms with Gasteiger partial charge in [-0.3, -0.25) is 4.90 Å². The summed E-state index contributed by atoms with van der Waals surface area (Å²) in [6.45, 7) is 6.72. The molecule has 0 bridgehead atoms. The third kappa shape index (κ3) is 5.94. The molecule has 0 spiro atoms. The number of nitrogens with zero attached hydrogens (tertiary/aromatic N) is 1. The summed E-state index contributed by atoms with van der Waals surface area (Å²) in [6, 6.07) is 9.55. The first kappa shape index (κ1) is 18.6. The molecule has 2 N–H and O–H groups in total. The van der Waals surface area contributed by atoms with E-state index in [2.05, 4.69) is 46.7 Å². The normalized spacial score (nSPS) is 20.8. The number of rotatable bonds is 5. The van der Waals surface area contributed by atoms with Crippen LogP contribution in [0.3, 0.4) is 0 Å². The molecule has 1 aliphatic heterocycles. The number of hydrogen-bond acceptors (Lipinski definition) is 3. The fourth-order valence-corrected chi connectivity index (χ4v) is 4.02. The van der Waals surface area contributed by atoms with Gasteiger partial charge in [-0.05, 0) is 37.5 Å². The van der Waals surface area contributed by atoms with Crippen molar-refractivity contribution in [2.75, 3.05) is 32.8 Å². The van der Waals surface area contributed by atoms with E-state index in [9.17, 15) is 0 Å². The van der Waals surface area contributed by atoms with Crippen LogP contribution in [0.4, 0.5) is 0 Å². The lowest BCUT2D eigenvalue weighted by molar-refractivity contribution is 0.0343. The maximum absolute atomic E-state index is 5.64. The van der Waals surface area contributed by atoms with E-state index in [0.717, 1.165) is 38.0 Å². The standard InChI is InChI=1S/C20H31N3OS/c1-16-7-9-17(10-8-16)19(15-23-11-13-24-14-12-23)22-20(25)21-18-5-3-2-4-6-18/h7-10,18-19H,2-6,11-15H2,1H3,(H2,21,22,25)/t19-/m1/s1. The van der Waals surface area contributed by atoms with Crippen LogP contribution in [0.2, 0.25) is 0 Å². The van der Waals surface area contributed by atoms with Gasteiger partial charge in [-0.25, -0.2) is 0 Å². The second-order valence-corrected chi connectivity index (χ2v) is 7.74. The zero-order valence-electron chi connectivity index (χ0n) is 15.3. The minimum absolute atomic E-state index is 0.210. The van der Waals surface area contributed by atoms with E-state index in [4.69, 9.17) is 17.0 Å². The molecular weight excluding hydrogens is 330 g/mol. The second-order valence-electron chi connectivity index (χ2n) is 7.33. The number of nitrogens with one attached hydrogen (secondary N) is 2. The van der Waals surface area contributed by atoms with Gasteiger partial charge in [0.2, 0.25) is 0 Å². The highest BCUT2D eigenvalue weighted by atomic mass is 32.1. The third-order valence-corrected chi connectivity index (χ3v) is 5.51. The van der Waals surface area contributed by atoms with Crippen LogP contribution in [0, 0.1) is 6.92 Å². The number of aryl methyl sites for hydroxylation is 1. The number of benzene rings is 1. The van der Waals surface area contributed by atoms with Crippen molar-refractivity contribution < 1.29 is 4.74 Å². The molecule has 4 nitrogen and oxygen atoms in total. The quantitative estimate of drug-likeness (QED) is 0.788.